The maximum atomic E-state index is 10.8. The Bertz CT molecular complexity index is 363. The molecule has 0 saturated carbocycles. The number of nitrogens with zero attached hydrogens (tertiary/aromatic N) is 1. The van der Waals surface area contributed by atoms with Crippen LogP contribution in [0.25, 0.3) is 0 Å². The van der Waals surface area contributed by atoms with Crippen LogP contribution in [0.3, 0.4) is 0 Å². The summed E-state index contributed by atoms with van der Waals surface area (Å²) >= 11 is 3.03. The van der Waals surface area contributed by atoms with Crippen molar-refractivity contribution in [1.29, 1.82) is 0 Å². The highest BCUT2D eigenvalue weighted by atomic mass is 79.9. The molecule has 11 heavy (non-hydrogen) atoms. The molecule has 2 N–H and O–H groups in total. The molecule has 0 aromatic carbocycles. The fourth-order valence-electron chi connectivity index (χ4n) is 0.572. The maximum absolute atomic E-state index is 10.8. The van der Waals surface area contributed by atoms with Crippen molar-refractivity contribution in [3.05, 3.63) is 22.9 Å². The summed E-state index contributed by atoms with van der Waals surface area (Å²) in [7, 11) is -3.64. The topological polar surface area (TPSA) is 73.1 Å². The average Bonchev–Trinajstić information content (AvgIpc) is 1.86. The summed E-state index contributed by atoms with van der Waals surface area (Å²) in [4.78, 5) is 3.62. The summed E-state index contributed by atoms with van der Waals surface area (Å²) in [6, 6.07) is 1.51. The highest BCUT2D eigenvalue weighted by molar-refractivity contribution is 9.10. The molecular formula is C5H5BrN2O2S. The summed E-state index contributed by atoms with van der Waals surface area (Å²) in [6.45, 7) is 0. The van der Waals surface area contributed by atoms with E-state index in [2.05, 4.69) is 20.9 Å². The molecule has 0 aliphatic heterocycles. The van der Waals surface area contributed by atoms with Gasteiger partial charge in [0.15, 0.2) is 0 Å². The van der Waals surface area contributed by atoms with E-state index in [9.17, 15) is 8.42 Å². The second kappa shape index (κ2) is 2.88. The summed E-state index contributed by atoms with van der Waals surface area (Å²) in [5.41, 5.74) is 0. The molecule has 0 saturated heterocycles. The van der Waals surface area contributed by atoms with Gasteiger partial charge in [-0.05, 0) is 22.0 Å². The van der Waals surface area contributed by atoms with E-state index in [1.807, 2.05) is 0 Å². The normalized spacial score (nSPS) is 11.5. The van der Waals surface area contributed by atoms with E-state index in [0.717, 1.165) is 0 Å². The van der Waals surface area contributed by atoms with Gasteiger partial charge in [0.1, 0.15) is 4.90 Å². The standard InChI is InChI=1S/C5H5BrN2O2S/c6-4-1-2-8-3-5(4)11(7,9)10/h1-3H,(H2,7,9,10). The first kappa shape index (κ1) is 8.63. The van der Waals surface area contributed by atoms with Gasteiger partial charge in [-0.2, -0.15) is 0 Å². The number of aromatic nitrogens is 1. The van der Waals surface area contributed by atoms with Gasteiger partial charge >= 0.3 is 0 Å². The first-order valence-corrected chi connectivity index (χ1v) is 4.98. The minimum atomic E-state index is -3.64. The summed E-state index contributed by atoms with van der Waals surface area (Å²) in [5.74, 6) is 0. The van der Waals surface area contributed by atoms with Gasteiger partial charge in [-0.25, -0.2) is 13.6 Å². The minimum absolute atomic E-state index is 0.000000000000000444. The largest absolute Gasteiger partial charge is 0.263 e. The first-order valence-electron chi connectivity index (χ1n) is 2.64. The molecule has 4 nitrogen and oxygen atoms in total. The van der Waals surface area contributed by atoms with E-state index < -0.39 is 10.0 Å². The highest BCUT2D eigenvalue weighted by Gasteiger charge is 2.10. The minimum Gasteiger partial charge on any atom is -0.263 e. The Kier molecular flexibility index (Phi) is 2.26. The molecule has 0 spiro atoms. The van der Waals surface area contributed by atoms with Crippen molar-refractivity contribution in [3.63, 3.8) is 0 Å². The monoisotopic (exact) mass is 236 g/mol. The third kappa shape index (κ3) is 1.98. The number of sulfonamides is 1. The van der Waals surface area contributed by atoms with Crippen LogP contribution < -0.4 is 5.14 Å². The average molecular weight is 237 g/mol. The predicted octanol–water partition coefficient (Wildman–Crippen LogP) is 0.492. The van der Waals surface area contributed by atoms with Crippen LogP contribution in [0.15, 0.2) is 27.8 Å². The fourth-order valence-corrected chi connectivity index (χ4v) is 2.02. The third-order valence-electron chi connectivity index (χ3n) is 1.04. The number of pyridine rings is 1. The molecule has 0 aliphatic rings. The van der Waals surface area contributed by atoms with Crippen molar-refractivity contribution >= 4 is 26.0 Å². The lowest BCUT2D eigenvalue weighted by atomic mass is 10.5. The van der Waals surface area contributed by atoms with Crippen molar-refractivity contribution in [3.8, 4) is 0 Å². The van der Waals surface area contributed by atoms with Gasteiger partial charge in [0, 0.05) is 16.9 Å². The number of hydrogen-bond acceptors (Lipinski definition) is 3. The SMILES string of the molecule is NS(=O)(=O)c1cnccc1Br. The number of halogens is 1. The number of hydrogen-bond donors (Lipinski definition) is 1. The van der Waals surface area contributed by atoms with E-state index in [0.29, 0.717) is 4.47 Å². The van der Waals surface area contributed by atoms with Gasteiger partial charge in [0.25, 0.3) is 0 Å². The Morgan fingerprint density at radius 2 is 2.18 bits per heavy atom. The number of nitrogens with two attached hydrogens (primary N) is 1. The van der Waals surface area contributed by atoms with E-state index in [1.165, 1.54) is 18.5 Å². The van der Waals surface area contributed by atoms with Crippen LogP contribution in [0.5, 0.6) is 0 Å². The number of primary sulfonamides is 1. The molecule has 0 aliphatic carbocycles. The lowest BCUT2D eigenvalue weighted by Crippen LogP contribution is -2.12. The highest BCUT2D eigenvalue weighted by Crippen LogP contribution is 2.17. The van der Waals surface area contributed by atoms with Crippen LogP contribution in [-0.2, 0) is 10.0 Å². The predicted molar refractivity (Wildman–Crippen MR) is 43.3 cm³/mol. The van der Waals surface area contributed by atoms with Gasteiger partial charge in [-0.1, -0.05) is 0 Å². The molecule has 0 fully saturated rings. The lowest BCUT2D eigenvalue weighted by Gasteiger charge is -1.97. The zero-order chi connectivity index (χ0) is 8.48. The van der Waals surface area contributed by atoms with Crippen molar-refractivity contribution in [2.24, 2.45) is 5.14 Å². The third-order valence-corrected chi connectivity index (χ3v) is 2.93. The second-order valence-electron chi connectivity index (χ2n) is 1.85. The zero-order valence-electron chi connectivity index (χ0n) is 5.36. The van der Waals surface area contributed by atoms with Crippen molar-refractivity contribution in [1.82, 2.24) is 4.98 Å². The number of rotatable bonds is 1. The van der Waals surface area contributed by atoms with Crippen molar-refractivity contribution in [2.45, 2.75) is 4.90 Å². The smallest absolute Gasteiger partial charge is 0.240 e. The van der Waals surface area contributed by atoms with Crippen LogP contribution in [0, 0.1) is 0 Å². The summed E-state index contributed by atoms with van der Waals surface area (Å²) in [6.07, 6.45) is 2.66. The Labute approximate surface area is 72.6 Å². The van der Waals surface area contributed by atoms with Gasteiger partial charge < -0.3 is 0 Å². The molecule has 0 unspecified atom stereocenters. The molecule has 0 bridgehead atoms. The molecule has 0 radical (unpaired) electrons. The molecule has 6 heteroatoms. The molecule has 1 aromatic heterocycles. The Hall–Kier alpha value is -0.460. The van der Waals surface area contributed by atoms with Crippen LogP contribution in [-0.4, -0.2) is 13.4 Å². The Balaban J connectivity index is 3.37. The lowest BCUT2D eigenvalue weighted by molar-refractivity contribution is 0.597. The summed E-state index contributed by atoms with van der Waals surface area (Å²) < 4.78 is 21.9. The van der Waals surface area contributed by atoms with Crippen molar-refractivity contribution in [2.75, 3.05) is 0 Å². The van der Waals surface area contributed by atoms with Gasteiger partial charge in [-0.15, -0.1) is 0 Å². The first-order chi connectivity index (χ1) is 5.02. The molecule has 1 rings (SSSR count). The van der Waals surface area contributed by atoms with Crippen LogP contribution in [0.2, 0.25) is 0 Å². The molecule has 1 aromatic rings. The van der Waals surface area contributed by atoms with E-state index in [1.54, 1.807) is 0 Å². The quantitative estimate of drug-likeness (QED) is 0.772. The second-order valence-corrected chi connectivity index (χ2v) is 4.24. The molecule has 0 amide bonds. The van der Waals surface area contributed by atoms with Crippen LogP contribution in [0.4, 0.5) is 0 Å². The van der Waals surface area contributed by atoms with E-state index in [4.69, 9.17) is 5.14 Å². The van der Waals surface area contributed by atoms with Gasteiger partial charge in [0.2, 0.25) is 10.0 Å². The zero-order valence-corrected chi connectivity index (χ0v) is 7.76. The van der Waals surface area contributed by atoms with Crippen molar-refractivity contribution < 1.29 is 8.42 Å². The molecule has 60 valence electrons. The molecular weight excluding hydrogens is 232 g/mol. The molecule has 1 heterocycles. The maximum Gasteiger partial charge on any atom is 0.240 e. The molecule has 0 atom stereocenters. The van der Waals surface area contributed by atoms with Crippen LogP contribution >= 0.6 is 15.9 Å². The Morgan fingerprint density at radius 1 is 1.55 bits per heavy atom. The van der Waals surface area contributed by atoms with E-state index in [-0.39, 0.29) is 4.90 Å². The Morgan fingerprint density at radius 3 is 2.55 bits per heavy atom. The van der Waals surface area contributed by atoms with E-state index >= 15 is 0 Å². The van der Waals surface area contributed by atoms with Gasteiger partial charge in [0.05, 0.1) is 0 Å². The summed E-state index contributed by atoms with van der Waals surface area (Å²) in [5, 5.41) is 4.86. The fraction of sp³-hybridized carbons (Fsp3) is 0. The van der Waals surface area contributed by atoms with Gasteiger partial charge in [-0.3, -0.25) is 4.98 Å². The van der Waals surface area contributed by atoms with Crippen LogP contribution in [0.1, 0.15) is 0 Å².